The molecule has 3 rings (SSSR count). The first kappa shape index (κ1) is 22.0. The molecule has 2 aromatic rings. The fourth-order valence-corrected chi connectivity index (χ4v) is 2.99. The number of aliphatic hydroxyl groups excluding tert-OH is 1. The molecule has 0 bridgehead atoms. The van der Waals surface area contributed by atoms with Crippen LogP contribution in [0, 0.1) is 0 Å². The van der Waals surface area contributed by atoms with Crippen LogP contribution in [0.4, 0.5) is 14.6 Å². The number of aliphatic hydroxyl groups is 1. The molecule has 2 heterocycles. The molecule has 1 aliphatic rings. The zero-order chi connectivity index (χ0) is 21.7. The third-order valence-electron chi connectivity index (χ3n) is 4.57. The highest BCUT2D eigenvalue weighted by molar-refractivity contribution is 6.03. The Morgan fingerprint density at radius 2 is 2.07 bits per heavy atom. The largest absolute Gasteiger partial charge is 0.384 e. The third kappa shape index (κ3) is 4.70. The van der Waals surface area contributed by atoms with Crippen molar-refractivity contribution < 1.29 is 28.2 Å². The van der Waals surface area contributed by atoms with E-state index in [0.29, 0.717) is 23.3 Å². The van der Waals surface area contributed by atoms with Crippen molar-refractivity contribution in [3.63, 3.8) is 0 Å². The van der Waals surface area contributed by atoms with Crippen LogP contribution < -0.4 is 16.3 Å². The maximum atomic E-state index is 14.5. The van der Waals surface area contributed by atoms with Crippen LogP contribution in [0.15, 0.2) is 47.4 Å². The Labute approximate surface area is 170 Å². The van der Waals surface area contributed by atoms with Gasteiger partial charge in [-0.25, -0.2) is 4.79 Å². The molecule has 1 fully saturated rings. The average molecular weight is 424 g/mol. The topological polar surface area (TPSA) is 115 Å². The predicted molar refractivity (Wildman–Crippen MR) is 103 cm³/mol. The number of nitrogens with one attached hydrogen (secondary N) is 2. The maximum absolute atomic E-state index is 14.5. The number of benzene rings is 1. The minimum Gasteiger partial charge on any atom is -0.384 e. The van der Waals surface area contributed by atoms with E-state index in [0.717, 1.165) is 6.20 Å². The number of hydrogen-bond donors (Lipinski definition) is 3. The minimum atomic E-state index is -3.71. The van der Waals surface area contributed by atoms with E-state index in [9.17, 15) is 23.5 Å². The van der Waals surface area contributed by atoms with E-state index in [-0.39, 0.29) is 12.4 Å². The van der Waals surface area contributed by atoms with Gasteiger partial charge in [-0.3, -0.25) is 9.36 Å². The van der Waals surface area contributed by atoms with Crippen molar-refractivity contribution in [1.82, 2.24) is 14.9 Å². The Balaban J connectivity index is 1.72. The lowest BCUT2D eigenvalue weighted by molar-refractivity contribution is -0.140. The van der Waals surface area contributed by atoms with E-state index in [1.54, 1.807) is 30.3 Å². The van der Waals surface area contributed by atoms with Gasteiger partial charge in [-0.2, -0.15) is 13.8 Å². The number of methoxy groups -OCH3 is 1. The van der Waals surface area contributed by atoms with Crippen LogP contribution >= 0.6 is 0 Å². The van der Waals surface area contributed by atoms with Crippen LogP contribution in [0.2, 0.25) is 0 Å². The number of anilines is 1. The van der Waals surface area contributed by atoms with Gasteiger partial charge in [-0.1, -0.05) is 18.2 Å². The second kappa shape index (κ2) is 9.39. The Kier molecular flexibility index (Phi) is 6.87. The fraction of sp³-hybridized carbons (Fsp3) is 0.421. The average Bonchev–Trinajstić information content (AvgIpc) is 2.95. The highest BCUT2D eigenvalue weighted by atomic mass is 19.3. The number of carbonyl (C=O) groups is 1. The van der Waals surface area contributed by atoms with Crippen molar-refractivity contribution in [2.45, 2.75) is 24.4 Å². The summed E-state index contributed by atoms with van der Waals surface area (Å²) in [5.41, 5.74) is -0.702. The number of carbonyl (C=O) groups excluding carboxylic acids is 1. The van der Waals surface area contributed by atoms with Crippen molar-refractivity contribution in [3.8, 4) is 0 Å². The van der Waals surface area contributed by atoms with Crippen molar-refractivity contribution >= 4 is 11.7 Å². The number of alkyl halides is 2. The van der Waals surface area contributed by atoms with E-state index in [1.165, 1.54) is 13.2 Å². The molecule has 0 spiro atoms. The summed E-state index contributed by atoms with van der Waals surface area (Å²) in [4.78, 5) is 28.1. The molecule has 3 atom stereocenters. The van der Waals surface area contributed by atoms with E-state index in [2.05, 4.69) is 15.6 Å². The van der Waals surface area contributed by atoms with Crippen LogP contribution in [0.3, 0.4) is 0 Å². The maximum Gasteiger partial charge on any atom is 0.351 e. The Morgan fingerprint density at radius 3 is 2.73 bits per heavy atom. The van der Waals surface area contributed by atoms with E-state index < -0.39 is 36.0 Å². The summed E-state index contributed by atoms with van der Waals surface area (Å²) in [7, 11) is 1.50. The SMILES string of the molecule is COCCNC[C@H]1O[C@@H](n2ccc(NC(=O)c3ccccc3)nc2=O)C(F)(F)[C@@H]1O. The molecule has 0 aliphatic carbocycles. The van der Waals surface area contributed by atoms with Crippen molar-refractivity contribution in [2.75, 3.05) is 32.1 Å². The molecule has 1 aliphatic heterocycles. The van der Waals surface area contributed by atoms with Crippen LogP contribution in [-0.4, -0.2) is 65.5 Å². The first-order chi connectivity index (χ1) is 14.3. The molecule has 0 unspecified atom stereocenters. The molecule has 0 radical (unpaired) electrons. The standard InChI is InChI=1S/C19H22F2N4O5/c1-29-10-8-22-11-13-15(26)19(20,21)17(30-13)25-9-7-14(24-18(25)28)23-16(27)12-5-3-2-4-6-12/h2-7,9,13,15,17,22,26H,8,10-11H2,1H3,(H,23,24,27,28)/t13-,15-,17-/m1/s1. The number of ether oxygens (including phenoxy) is 2. The number of hydrogen-bond acceptors (Lipinski definition) is 7. The number of halogens is 2. The Bertz CT molecular complexity index is 925. The van der Waals surface area contributed by atoms with Crippen LogP contribution in [0.1, 0.15) is 16.6 Å². The summed E-state index contributed by atoms with van der Waals surface area (Å²) in [6, 6.07) is 9.44. The summed E-state index contributed by atoms with van der Waals surface area (Å²) in [6.45, 7) is 0.697. The monoisotopic (exact) mass is 424 g/mol. The molecule has 11 heteroatoms. The van der Waals surface area contributed by atoms with Gasteiger partial charge in [-0.05, 0) is 18.2 Å². The number of amides is 1. The normalized spacial score (nSPS) is 22.7. The van der Waals surface area contributed by atoms with Gasteiger partial charge in [-0.15, -0.1) is 0 Å². The summed E-state index contributed by atoms with van der Waals surface area (Å²) in [5, 5.41) is 15.2. The highest BCUT2D eigenvalue weighted by Crippen LogP contribution is 2.41. The van der Waals surface area contributed by atoms with Crippen molar-refractivity contribution in [2.24, 2.45) is 0 Å². The number of aromatic nitrogens is 2. The molecular formula is C19H22F2N4O5. The van der Waals surface area contributed by atoms with E-state index >= 15 is 0 Å². The molecule has 9 nitrogen and oxygen atoms in total. The van der Waals surface area contributed by atoms with Gasteiger partial charge in [0.1, 0.15) is 18.0 Å². The molecule has 3 N–H and O–H groups in total. The smallest absolute Gasteiger partial charge is 0.351 e. The first-order valence-electron chi connectivity index (χ1n) is 9.21. The summed E-state index contributed by atoms with van der Waals surface area (Å²) >= 11 is 0. The highest BCUT2D eigenvalue weighted by Gasteiger charge is 2.59. The van der Waals surface area contributed by atoms with Crippen molar-refractivity contribution in [1.29, 1.82) is 0 Å². The van der Waals surface area contributed by atoms with Crippen LogP contribution in [0.5, 0.6) is 0 Å². The number of rotatable bonds is 8. The number of nitrogens with zero attached hydrogens (tertiary/aromatic N) is 2. The third-order valence-corrected chi connectivity index (χ3v) is 4.57. The van der Waals surface area contributed by atoms with Gasteiger partial charge in [0.05, 0.1) is 6.61 Å². The van der Waals surface area contributed by atoms with E-state index in [1.807, 2.05) is 0 Å². The zero-order valence-electron chi connectivity index (χ0n) is 16.1. The van der Waals surface area contributed by atoms with Crippen molar-refractivity contribution in [3.05, 3.63) is 58.6 Å². The molecule has 1 aromatic heterocycles. The van der Waals surface area contributed by atoms with Gasteiger partial charge in [0.25, 0.3) is 5.91 Å². The van der Waals surface area contributed by atoms with Gasteiger partial charge in [0.15, 0.2) is 0 Å². The van der Waals surface area contributed by atoms with Gasteiger partial charge in [0, 0.05) is 32.0 Å². The summed E-state index contributed by atoms with van der Waals surface area (Å²) < 4.78 is 39.8. The minimum absolute atomic E-state index is 0.0516. The van der Waals surface area contributed by atoms with Gasteiger partial charge < -0.3 is 25.2 Å². The first-order valence-corrected chi connectivity index (χ1v) is 9.21. The molecule has 1 aromatic carbocycles. The van der Waals surface area contributed by atoms with Crippen LogP contribution in [0.25, 0.3) is 0 Å². The molecule has 0 saturated carbocycles. The molecule has 1 saturated heterocycles. The summed E-state index contributed by atoms with van der Waals surface area (Å²) in [5.74, 6) is -4.31. The van der Waals surface area contributed by atoms with Crippen LogP contribution in [-0.2, 0) is 9.47 Å². The lowest BCUT2D eigenvalue weighted by atomic mass is 10.1. The molecule has 1 amide bonds. The lowest BCUT2D eigenvalue weighted by Gasteiger charge is -2.21. The Hall–Kier alpha value is -2.73. The molecule has 162 valence electrons. The van der Waals surface area contributed by atoms with E-state index in [4.69, 9.17) is 9.47 Å². The van der Waals surface area contributed by atoms with Gasteiger partial charge >= 0.3 is 11.6 Å². The zero-order valence-corrected chi connectivity index (χ0v) is 16.1. The second-order valence-corrected chi connectivity index (χ2v) is 6.67. The predicted octanol–water partition coefficient (Wildman–Crippen LogP) is 0.625. The second-order valence-electron chi connectivity index (χ2n) is 6.67. The molecular weight excluding hydrogens is 402 g/mol. The quantitative estimate of drug-likeness (QED) is 0.533. The lowest BCUT2D eigenvalue weighted by Crippen LogP contribution is -2.43. The summed E-state index contributed by atoms with van der Waals surface area (Å²) in [6.07, 6.45) is -4.32. The van der Waals surface area contributed by atoms with Gasteiger partial charge in [0.2, 0.25) is 6.23 Å². The Morgan fingerprint density at radius 1 is 1.33 bits per heavy atom. The fourth-order valence-electron chi connectivity index (χ4n) is 2.99. The molecule has 30 heavy (non-hydrogen) atoms.